The van der Waals surface area contributed by atoms with Crippen LogP contribution in [-0.2, 0) is 4.79 Å². The van der Waals surface area contributed by atoms with Crippen LogP contribution in [0.3, 0.4) is 0 Å². The van der Waals surface area contributed by atoms with Gasteiger partial charge in [-0.2, -0.15) is 0 Å². The van der Waals surface area contributed by atoms with Gasteiger partial charge in [0.05, 0.1) is 11.3 Å². The Hall–Kier alpha value is -1.88. The molecule has 0 bridgehead atoms. The van der Waals surface area contributed by atoms with Crippen molar-refractivity contribution in [3.05, 3.63) is 29.8 Å². The average Bonchev–Trinajstić information content (AvgIpc) is 2.35. The van der Waals surface area contributed by atoms with E-state index in [-0.39, 0.29) is 23.3 Å². The largest absolute Gasteiger partial charge is 0.347 e. The lowest BCUT2D eigenvalue weighted by Gasteiger charge is -2.31. The van der Waals surface area contributed by atoms with Gasteiger partial charge in [0, 0.05) is 11.5 Å². The van der Waals surface area contributed by atoms with Crippen LogP contribution >= 0.6 is 0 Å². The maximum atomic E-state index is 12.4. The van der Waals surface area contributed by atoms with Crippen LogP contribution in [0.1, 0.15) is 38.1 Å². The molecule has 120 valence electrons. The zero-order valence-corrected chi connectivity index (χ0v) is 13.7. The molecule has 3 N–H and O–H groups in total. The first-order valence-electron chi connectivity index (χ1n) is 7.71. The molecule has 5 nitrogen and oxygen atoms in total. The Bertz CT molecular complexity index is 559. The van der Waals surface area contributed by atoms with Crippen molar-refractivity contribution in [1.82, 2.24) is 10.6 Å². The molecule has 1 atom stereocenters. The van der Waals surface area contributed by atoms with Crippen molar-refractivity contribution < 1.29 is 9.59 Å². The van der Waals surface area contributed by atoms with Gasteiger partial charge in [-0.3, -0.25) is 9.59 Å². The van der Waals surface area contributed by atoms with E-state index in [1.54, 1.807) is 18.2 Å². The molecule has 2 amide bonds. The summed E-state index contributed by atoms with van der Waals surface area (Å²) < 4.78 is 0. The third-order valence-electron chi connectivity index (χ3n) is 3.85. The van der Waals surface area contributed by atoms with Gasteiger partial charge >= 0.3 is 0 Å². The van der Waals surface area contributed by atoms with Crippen LogP contribution < -0.4 is 16.0 Å². The Labute approximate surface area is 131 Å². The number of amides is 2. The first-order valence-corrected chi connectivity index (χ1v) is 7.71. The number of hydrogen-bond acceptors (Lipinski definition) is 3. The van der Waals surface area contributed by atoms with Crippen LogP contribution in [0.5, 0.6) is 0 Å². The summed E-state index contributed by atoms with van der Waals surface area (Å²) in [6, 6.07) is 7.11. The van der Waals surface area contributed by atoms with E-state index in [4.69, 9.17) is 0 Å². The minimum absolute atomic E-state index is 0.0393. The summed E-state index contributed by atoms with van der Waals surface area (Å²) in [5.74, 6) is 0.0828. The zero-order valence-electron chi connectivity index (χ0n) is 13.7. The second-order valence-corrected chi connectivity index (χ2v) is 6.95. The Morgan fingerprint density at radius 2 is 1.86 bits per heavy atom. The zero-order chi connectivity index (χ0) is 16.3. The highest BCUT2D eigenvalue weighted by molar-refractivity contribution is 6.04. The normalized spacial score (nSPS) is 16.5. The van der Waals surface area contributed by atoms with E-state index in [0.717, 1.165) is 13.1 Å². The van der Waals surface area contributed by atoms with E-state index in [1.807, 2.05) is 33.8 Å². The quantitative estimate of drug-likeness (QED) is 0.797. The highest BCUT2D eigenvalue weighted by Gasteiger charge is 2.29. The number of rotatable bonds is 4. The maximum absolute atomic E-state index is 12.4. The lowest BCUT2D eigenvalue weighted by atomic mass is 9.88. The van der Waals surface area contributed by atoms with Crippen LogP contribution in [0.2, 0.25) is 0 Å². The molecule has 0 spiro atoms. The Kier molecular flexibility index (Phi) is 4.86. The summed E-state index contributed by atoms with van der Waals surface area (Å²) >= 11 is 0. The molecular weight excluding hydrogens is 278 g/mol. The molecule has 1 heterocycles. The van der Waals surface area contributed by atoms with Crippen molar-refractivity contribution in [2.24, 2.45) is 11.8 Å². The molecule has 0 aliphatic carbocycles. The maximum Gasteiger partial charge on any atom is 0.253 e. The van der Waals surface area contributed by atoms with Gasteiger partial charge in [-0.1, -0.05) is 19.1 Å². The fourth-order valence-electron chi connectivity index (χ4n) is 2.32. The van der Waals surface area contributed by atoms with E-state index in [0.29, 0.717) is 17.2 Å². The monoisotopic (exact) mass is 303 g/mol. The third kappa shape index (κ3) is 4.07. The van der Waals surface area contributed by atoms with Crippen LogP contribution in [0.4, 0.5) is 5.69 Å². The van der Waals surface area contributed by atoms with E-state index < -0.39 is 0 Å². The number of carbonyl (C=O) groups is 2. The summed E-state index contributed by atoms with van der Waals surface area (Å²) in [5.41, 5.74) is 0.733. The molecular formula is C17H25N3O2. The van der Waals surface area contributed by atoms with Crippen molar-refractivity contribution in [2.45, 2.75) is 33.2 Å². The smallest absolute Gasteiger partial charge is 0.253 e. The number of nitrogens with one attached hydrogen (secondary N) is 3. The summed E-state index contributed by atoms with van der Waals surface area (Å²) in [6.45, 7) is 9.47. The standard InChI is InChI=1S/C17H25N3O2/c1-11(12-9-18-10-12)15(21)19-14-8-6-5-7-13(14)16(22)20-17(2,3)4/h5-8,11-12,18H,9-10H2,1-4H3,(H,19,21)(H,20,22). The molecule has 1 unspecified atom stereocenters. The van der Waals surface area contributed by atoms with Gasteiger partial charge in [-0.25, -0.2) is 0 Å². The third-order valence-corrected chi connectivity index (χ3v) is 3.85. The lowest BCUT2D eigenvalue weighted by Crippen LogP contribution is -2.48. The van der Waals surface area contributed by atoms with Gasteiger partial charge in [-0.15, -0.1) is 0 Å². The Morgan fingerprint density at radius 3 is 2.41 bits per heavy atom. The molecule has 1 aromatic carbocycles. The molecule has 1 aromatic rings. The molecule has 2 rings (SSSR count). The van der Waals surface area contributed by atoms with E-state index in [2.05, 4.69) is 16.0 Å². The van der Waals surface area contributed by atoms with Crippen molar-refractivity contribution in [2.75, 3.05) is 18.4 Å². The molecule has 22 heavy (non-hydrogen) atoms. The highest BCUT2D eigenvalue weighted by atomic mass is 16.2. The topological polar surface area (TPSA) is 70.2 Å². The van der Waals surface area contributed by atoms with Gasteiger partial charge in [-0.05, 0) is 51.9 Å². The second-order valence-electron chi connectivity index (χ2n) is 6.95. The van der Waals surface area contributed by atoms with Crippen molar-refractivity contribution in [3.63, 3.8) is 0 Å². The number of carbonyl (C=O) groups excluding carboxylic acids is 2. The van der Waals surface area contributed by atoms with Gasteiger partial charge in [0.2, 0.25) is 5.91 Å². The lowest BCUT2D eigenvalue weighted by molar-refractivity contribution is -0.121. The molecule has 1 saturated heterocycles. The van der Waals surface area contributed by atoms with Crippen molar-refractivity contribution in [3.8, 4) is 0 Å². The SMILES string of the molecule is CC(C(=O)Nc1ccccc1C(=O)NC(C)(C)C)C1CNC1. The molecule has 0 saturated carbocycles. The van der Waals surface area contributed by atoms with E-state index in [1.165, 1.54) is 0 Å². The molecule has 0 radical (unpaired) electrons. The van der Waals surface area contributed by atoms with Crippen LogP contribution in [0.25, 0.3) is 0 Å². The van der Waals surface area contributed by atoms with Crippen molar-refractivity contribution in [1.29, 1.82) is 0 Å². The first kappa shape index (κ1) is 16.5. The van der Waals surface area contributed by atoms with Gasteiger partial charge in [0.25, 0.3) is 5.91 Å². The summed E-state index contributed by atoms with van der Waals surface area (Å²) in [5, 5.41) is 8.99. The fraction of sp³-hybridized carbons (Fsp3) is 0.529. The number of hydrogen-bond donors (Lipinski definition) is 3. The number of para-hydroxylation sites is 1. The minimum Gasteiger partial charge on any atom is -0.347 e. The predicted molar refractivity (Wildman–Crippen MR) is 87.8 cm³/mol. The van der Waals surface area contributed by atoms with Gasteiger partial charge < -0.3 is 16.0 Å². The second kappa shape index (κ2) is 6.48. The Morgan fingerprint density at radius 1 is 1.23 bits per heavy atom. The summed E-state index contributed by atoms with van der Waals surface area (Å²) in [4.78, 5) is 24.7. The van der Waals surface area contributed by atoms with Crippen LogP contribution in [-0.4, -0.2) is 30.4 Å². The van der Waals surface area contributed by atoms with E-state index in [9.17, 15) is 9.59 Å². The molecule has 1 aliphatic heterocycles. The van der Waals surface area contributed by atoms with Gasteiger partial charge in [0.15, 0.2) is 0 Å². The molecule has 1 fully saturated rings. The highest BCUT2D eigenvalue weighted by Crippen LogP contribution is 2.21. The van der Waals surface area contributed by atoms with Crippen molar-refractivity contribution >= 4 is 17.5 Å². The summed E-state index contributed by atoms with van der Waals surface area (Å²) in [7, 11) is 0. The first-order chi connectivity index (χ1) is 10.3. The minimum atomic E-state index is -0.320. The van der Waals surface area contributed by atoms with Gasteiger partial charge in [0.1, 0.15) is 0 Å². The number of benzene rings is 1. The Balaban J connectivity index is 2.10. The fourth-order valence-corrected chi connectivity index (χ4v) is 2.32. The van der Waals surface area contributed by atoms with Crippen LogP contribution in [0.15, 0.2) is 24.3 Å². The molecule has 1 aliphatic rings. The number of anilines is 1. The summed E-state index contributed by atoms with van der Waals surface area (Å²) in [6.07, 6.45) is 0. The molecule has 5 heteroatoms. The predicted octanol–water partition coefficient (Wildman–Crippen LogP) is 2.01. The average molecular weight is 303 g/mol. The molecule has 0 aromatic heterocycles. The van der Waals surface area contributed by atoms with Crippen LogP contribution in [0, 0.1) is 11.8 Å². The van der Waals surface area contributed by atoms with E-state index >= 15 is 0 Å².